The number of hydrogen-bond donors (Lipinski definition) is 0. The van der Waals surface area contributed by atoms with Crippen LogP contribution < -0.4 is 10.3 Å². The van der Waals surface area contributed by atoms with Gasteiger partial charge in [0.25, 0.3) is 5.56 Å². The number of nitrogens with zero attached hydrogens (tertiary/aromatic N) is 1. The third-order valence-corrected chi connectivity index (χ3v) is 3.62. The van der Waals surface area contributed by atoms with Crippen LogP contribution in [0, 0.1) is 6.92 Å². The van der Waals surface area contributed by atoms with Crippen molar-refractivity contribution in [2.45, 2.75) is 13.5 Å². The SMILES string of the molecule is COc1ccc(Br)c(Cn2c(C)cccc2=O)c1. The molecule has 0 saturated heterocycles. The molecule has 0 aliphatic heterocycles. The Morgan fingerprint density at radius 1 is 1.28 bits per heavy atom. The van der Waals surface area contributed by atoms with E-state index in [1.54, 1.807) is 23.8 Å². The lowest BCUT2D eigenvalue weighted by Gasteiger charge is -2.12. The van der Waals surface area contributed by atoms with Crippen molar-refractivity contribution in [3.8, 4) is 5.75 Å². The minimum Gasteiger partial charge on any atom is -0.497 e. The summed E-state index contributed by atoms with van der Waals surface area (Å²) in [6.45, 7) is 2.46. The van der Waals surface area contributed by atoms with Gasteiger partial charge in [-0.25, -0.2) is 0 Å². The third kappa shape index (κ3) is 2.64. The number of pyridine rings is 1. The fraction of sp³-hybridized carbons (Fsp3) is 0.214. The van der Waals surface area contributed by atoms with Crippen LogP contribution in [-0.4, -0.2) is 11.7 Å². The lowest BCUT2D eigenvalue weighted by atomic mass is 10.2. The normalized spacial score (nSPS) is 10.4. The van der Waals surface area contributed by atoms with E-state index in [-0.39, 0.29) is 5.56 Å². The molecule has 1 aromatic carbocycles. The number of halogens is 1. The highest BCUT2D eigenvalue weighted by Crippen LogP contribution is 2.23. The molecule has 0 radical (unpaired) electrons. The van der Waals surface area contributed by atoms with Gasteiger partial charge < -0.3 is 9.30 Å². The Bertz CT molecular complexity index is 619. The van der Waals surface area contributed by atoms with Crippen molar-refractivity contribution in [3.63, 3.8) is 0 Å². The van der Waals surface area contributed by atoms with Crippen molar-refractivity contribution in [3.05, 3.63) is 62.5 Å². The van der Waals surface area contributed by atoms with Crippen molar-refractivity contribution in [1.29, 1.82) is 0 Å². The Kier molecular flexibility index (Phi) is 3.87. The molecule has 0 unspecified atom stereocenters. The molecule has 0 fully saturated rings. The zero-order chi connectivity index (χ0) is 13.1. The second-order valence-electron chi connectivity index (χ2n) is 4.05. The molecule has 0 aliphatic carbocycles. The number of hydrogen-bond acceptors (Lipinski definition) is 2. The van der Waals surface area contributed by atoms with Gasteiger partial charge in [-0.2, -0.15) is 0 Å². The topological polar surface area (TPSA) is 31.2 Å². The van der Waals surface area contributed by atoms with E-state index in [0.717, 1.165) is 21.5 Å². The van der Waals surface area contributed by atoms with Crippen LogP contribution >= 0.6 is 15.9 Å². The number of rotatable bonds is 3. The molecule has 2 aromatic rings. The number of methoxy groups -OCH3 is 1. The highest BCUT2D eigenvalue weighted by Gasteiger charge is 2.06. The van der Waals surface area contributed by atoms with E-state index in [2.05, 4.69) is 15.9 Å². The van der Waals surface area contributed by atoms with Gasteiger partial charge in [-0.05, 0) is 36.8 Å². The quantitative estimate of drug-likeness (QED) is 0.873. The van der Waals surface area contributed by atoms with Crippen LogP contribution in [0.2, 0.25) is 0 Å². The van der Waals surface area contributed by atoms with Gasteiger partial charge in [0, 0.05) is 16.2 Å². The number of aryl methyl sites for hydroxylation is 1. The summed E-state index contributed by atoms with van der Waals surface area (Å²) in [5.41, 5.74) is 1.97. The first-order valence-corrected chi connectivity index (χ1v) is 6.40. The van der Waals surface area contributed by atoms with Crippen molar-refractivity contribution >= 4 is 15.9 Å². The second kappa shape index (κ2) is 5.40. The maximum Gasteiger partial charge on any atom is 0.251 e. The van der Waals surface area contributed by atoms with Crippen LogP contribution in [0.1, 0.15) is 11.3 Å². The van der Waals surface area contributed by atoms with E-state index in [1.807, 2.05) is 31.2 Å². The number of benzene rings is 1. The van der Waals surface area contributed by atoms with Gasteiger partial charge in [0.2, 0.25) is 0 Å². The van der Waals surface area contributed by atoms with Crippen LogP contribution in [0.3, 0.4) is 0 Å². The van der Waals surface area contributed by atoms with Crippen LogP contribution in [0.5, 0.6) is 5.75 Å². The van der Waals surface area contributed by atoms with Crippen LogP contribution in [0.4, 0.5) is 0 Å². The van der Waals surface area contributed by atoms with Crippen molar-refractivity contribution in [1.82, 2.24) is 4.57 Å². The van der Waals surface area contributed by atoms with Crippen LogP contribution in [-0.2, 0) is 6.54 Å². The fourth-order valence-corrected chi connectivity index (χ4v) is 2.17. The molecule has 18 heavy (non-hydrogen) atoms. The van der Waals surface area contributed by atoms with Gasteiger partial charge in [-0.1, -0.05) is 22.0 Å². The summed E-state index contributed by atoms with van der Waals surface area (Å²) in [5, 5.41) is 0. The van der Waals surface area contributed by atoms with E-state index >= 15 is 0 Å². The zero-order valence-electron chi connectivity index (χ0n) is 10.3. The van der Waals surface area contributed by atoms with E-state index < -0.39 is 0 Å². The largest absolute Gasteiger partial charge is 0.497 e. The zero-order valence-corrected chi connectivity index (χ0v) is 11.9. The number of ether oxygens (including phenoxy) is 1. The molecule has 0 amide bonds. The molecule has 3 nitrogen and oxygen atoms in total. The Morgan fingerprint density at radius 2 is 2.06 bits per heavy atom. The Morgan fingerprint density at radius 3 is 2.72 bits per heavy atom. The smallest absolute Gasteiger partial charge is 0.251 e. The van der Waals surface area contributed by atoms with Gasteiger partial charge in [0.15, 0.2) is 0 Å². The lowest BCUT2D eigenvalue weighted by molar-refractivity contribution is 0.414. The molecule has 0 bridgehead atoms. The summed E-state index contributed by atoms with van der Waals surface area (Å²) >= 11 is 3.50. The average molecular weight is 308 g/mol. The van der Waals surface area contributed by atoms with E-state index in [4.69, 9.17) is 4.74 Å². The Balaban J connectivity index is 2.43. The molecule has 0 atom stereocenters. The summed E-state index contributed by atoms with van der Waals surface area (Å²) in [7, 11) is 1.63. The first-order valence-electron chi connectivity index (χ1n) is 5.60. The minimum atomic E-state index is 0.00437. The van der Waals surface area contributed by atoms with Crippen molar-refractivity contribution in [2.75, 3.05) is 7.11 Å². The standard InChI is InChI=1S/C14H14BrNO2/c1-10-4-3-5-14(17)16(10)9-11-8-12(18-2)6-7-13(11)15/h3-8H,9H2,1-2H3. The van der Waals surface area contributed by atoms with E-state index in [1.165, 1.54) is 0 Å². The van der Waals surface area contributed by atoms with Gasteiger partial charge in [-0.3, -0.25) is 4.79 Å². The highest BCUT2D eigenvalue weighted by atomic mass is 79.9. The highest BCUT2D eigenvalue weighted by molar-refractivity contribution is 9.10. The van der Waals surface area contributed by atoms with E-state index in [9.17, 15) is 4.79 Å². The van der Waals surface area contributed by atoms with Gasteiger partial charge >= 0.3 is 0 Å². The molecule has 94 valence electrons. The predicted octanol–water partition coefficient (Wildman–Crippen LogP) is 2.98. The molecule has 1 aromatic heterocycles. The van der Waals surface area contributed by atoms with Crippen molar-refractivity contribution < 1.29 is 4.74 Å². The maximum absolute atomic E-state index is 11.8. The molecule has 1 heterocycles. The summed E-state index contributed by atoms with van der Waals surface area (Å²) in [4.78, 5) is 11.8. The number of aromatic nitrogens is 1. The Labute approximate surface area is 114 Å². The molecular formula is C14H14BrNO2. The first-order chi connectivity index (χ1) is 8.61. The average Bonchev–Trinajstić information content (AvgIpc) is 2.36. The van der Waals surface area contributed by atoms with Crippen LogP contribution in [0.15, 0.2) is 45.7 Å². The molecule has 0 spiro atoms. The Hall–Kier alpha value is -1.55. The summed E-state index contributed by atoms with van der Waals surface area (Å²) < 4.78 is 7.91. The van der Waals surface area contributed by atoms with Gasteiger partial charge in [-0.15, -0.1) is 0 Å². The molecule has 4 heteroatoms. The maximum atomic E-state index is 11.8. The monoisotopic (exact) mass is 307 g/mol. The van der Waals surface area contributed by atoms with Gasteiger partial charge in [0.1, 0.15) is 5.75 Å². The fourth-order valence-electron chi connectivity index (χ4n) is 1.80. The molecule has 0 aliphatic rings. The minimum absolute atomic E-state index is 0.00437. The van der Waals surface area contributed by atoms with Crippen molar-refractivity contribution in [2.24, 2.45) is 0 Å². The summed E-state index contributed by atoms with van der Waals surface area (Å²) in [6, 6.07) is 11.0. The van der Waals surface area contributed by atoms with Gasteiger partial charge in [0.05, 0.1) is 13.7 Å². The van der Waals surface area contributed by atoms with Crippen LogP contribution in [0.25, 0.3) is 0 Å². The molecule has 2 rings (SSSR count). The second-order valence-corrected chi connectivity index (χ2v) is 4.90. The summed E-state index contributed by atoms with van der Waals surface area (Å²) in [6.07, 6.45) is 0. The summed E-state index contributed by atoms with van der Waals surface area (Å²) in [5.74, 6) is 0.787. The first kappa shape index (κ1) is 12.9. The molecule has 0 saturated carbocycles. The predicted molar refractivity (Wildman–Crippen MR) is 75.2 cm³/mol. The lowest BCUT2D eigenvalue weighted by Crippen LogP contribution is -2.21. The van der Waals surface area contributed by atoms with E-state index in [0.29, 0.717) is 6.54 Å². The third-order valence-electron chi connectivity index (χ3n) is 2.85. The molecule has 0 N–H and O–H groups in total. The molecular weight excluding hydrogens is 294 g/mol.